The first-order valence-corrected chi connectivity index (χ1v) is 7.43. The summed E-state index contributed by atoms with van der Waals surface area (Å²) in [5.41, 5.74) is -0.923. The number of aliphatic hydroxyl groups is 3. The highest BCUT2D eigenvalue weighted by atomic mass is 16.4. The van der Waals surface area contributed by atoms with Crippen molar-refractivity contribution in [3.63, 3.8) is 0 Å². The number of likely N-dealkylation sites (tertiary alicyclic amines) is 1. The number of amides is 1. The molecule has 2 aromatic rings. The van der Waals surface area contributed by atoms with Crippen molar-refractivity contribution >= 4 is 5.91 Å². The largest absolute Gasteiger partial charge is 0.386 e. The van der Waals surface area contributed by atoms with Gasteiger partial charge in [0.15, 0.2) is 6.10 Å². The van der Waals surface area contributed by atoms with Gasteiger partial charge in [0.25, 0.3) is 5.91 Å². The highest BCUT2D eigenvalue weighted by Crippen LogP contribution is 2.43. The molecule has 0 saturated carbocycles. The molecule has 0 radical (unpaired) electrons. The van der Waals surface area contributed by atoms with Gasteiger partial charge in [-0.05, 0) is 11.1 Å². The molecular formula is C18H19NO4. The second-order valence-electron chi connectivity index (χ2n) is 5.84. The fourth-order valence-corrected chi connectivity index (χ4v) is 3.29. The van der Waals surface area contributed by atoms with Gasteiger partial charge in [0.1, 0.15) is 11.7 Å². The minimum absolute atomic E-state index is 0.394. The maximum absolute atomic E-state index is 12.2. The van der Waals surface area contributed by atoms with E-state index in [0.717, 1.165) is 0 Å². The molecule has 0 aromatic heterocycles. The number of hydrogen-bond donors (Lipinski definition) is 3. The molecule has 120 valence electrons. The molecular weight excluding hydrogens is 294 g/mol. The van der Waals surface area contributed by atoms with Crippen molar-refractivity contribution in [2.75, 3.05) is 7.05 Å². The van der Waals surface area contributed by atoms with Gasteiger partial charge < -0.3 is 20.2 Å². The van der Waals surface area contributed by atoms with E-state index in [2.05, 4.69) is 0 Å². The Kier molecular flexibility index (Phi) is 3.93. The number of hydrogen-bond acceptors (Lipinski definition) is 4. The fraction of sp³-hybridized carbons (Fsp3) is 0.278. The zero-order valence-electron chi connectivity index (χ0n) is 12.7. The Labute approximate surface area is 134 Å². The standard InChI is InChI=1S/C18H19NO4/c1-19-15(14(20)12-8-4-2-5-9-12)18(23,16(21)17(19)22)13-10-6-3-7-11-13/h2-11,14-16,20-21,23H,1H3/t14?,15-,16+,18-/m0/s1. The van der Waals surface area contributed by atoms with E-state index in [1.165, 1.54) is 11.9 Å². The quantitative estimate of drug-likeness (QED) is 0.783. The zero-order valence-corrected chi connectivity index (χ0v) is 12.7. The van der Waals surface area contributed by atoms with E-state index < -0.39 is 29.8 Å². The van der Waals surface area contributed by atoms with Gasteiger partial charge >= 0.3 is 0 Å². The van der Waals surface area contributed by atoms with Crippen LogP contribution in [-0.4, -0.2) is 45.3 Å². The Morgan fingerprint density at radius 1 is 1.04 bits per heavy atom. The van der Waals surface area contributed by atoms with Crippen molar-refractivity contribution in [2.24, 2.45) is 0 Å². The first kappa shape index (κ1) is 15.7. The minimum atomic E-state index is -1.89. The highest BCUT2D eigenvalue weighted by Gasteiger charge is 2.60. The zero-order chi connectivity index (χ0) is 16.6. The molecule has 23 heavy (non-hydrogen) atoms. The lowest BCUT2D eigenvalue weighted by Crippen LogP contribution is -2.49. The van der Waals surface area contributed by atoms with Crippen molar-refractivity contribution < 1.29 is 20.1 Å². The topological polar surface area (TPSA) is 81.0 Å². The van der Waals surface area contributed by atoms with Crippen LogP contribution >= 0.6 is 0 Å². The van der Waals surface area contributed by atoms with Crippen molar-refractivity contribution in [3.05, 3.63) is 71.8 Å². The Balaban J connectivity index is 2.10. The Hall–Kier alpha value is -2.21. The predicted molar refractivity (Wildman–Crippen MR) is 84.3 cm³/mol. The van der Waals surface area contributed by atoms with Crippen LogP contribution in [0.5, 0.6) is 0 Å². The summed E-state index contributed by atoms with van der Waals surface area (Å²) < 4.78 is 0. The summed E-state index contributed by atoms with van der Waals surface area (Å²) in [7, 11) is 1.48. The summed E-state index contributed by atoms with van der Waals surface area (Å²) in [6, 6.07) is 16.3. The number of benzene rings is 2. The lowest BCUT2D eigenvalue weighted by molar-refractivity contribution is -0.138. The lowest BCUT2D eigenvalue weighted by atomic mass is 9.80. The van der Waals surface area contributed by atoms with Gasteiger partial charge in [-0.3, -0.25) is 4.79 Å². The molecule has 4 atom stereocenters. The second-order valence-corrected chi connectivity index (χ2v) is 5.84. The van der Waals surface area contributed by atoms with Gasteiger partial charge in [-0.1, -0.05) is 60.7 Å². The van der Waals surface area contributed by atoms with Crippen LogP contribution in [-0.2, 0) is 10.4 Å². The summed E-state index contributed by atoms with van der Waals surface area (Å²) in [5.74, 6) is -0.615. The van der Waals surface area contributed by atoms with Gasteiger partial charge in [0, 0.05) is 7.05 Å². The third-order valence-electron chi connectivity index (χ3n) is 4.54. The average Bonchev–Trinajstić information content (AvgIpc) is 2.77. The second kappa shape index (κ2) is 5.77. The molecule has 1 heterocycles. The van der Waals surface area contributed by atoms with Crippen LogP contribution in [0.15, 0.2) is 60.7 Å². The number of likely N-dealkylation sites (N-methyl/N-ethyl adjacent to an activating group) is 1. The van der Waals surface area contributed by atoms with Crippen LogP contribution in [0.3, 0.4) is 0 Å². The first-order chi connectivity index (χ1) is 11.0. The summed E-state index contributed by atoms with van der Waals surface area (Å²) in [5, 5.41) is 32.3. The van der Waals surface area contributed by atoms with Crippen LogP contribution in [0.4, 0.5) is 0 Å². The molecule has 2 aromatic carbocycles. The van der Waals surface area contributed by atoms with Crippen LogP contribution in [0, 0.1) is 0 Å². The Morgan fingerprint density at radius 3 is 2.13 bits per heavy atom. The molecule has 1 amide bonds. The Bertz CT molecular complexity index is 691. The molecule has 0 spiro atoms. The third-order valence-corrected chi connectivity index (χ3v) is 4.54. The SMILES string of the molecule is CN1C(=O)[C@@H](O)[C@](O)(c2ccccc2)[C@@H]1C(O)c1ccccc1. The molecule has 1 fully saturated rings. The van der Waals surface area contributed by atoms with Crippen LogP contribution in [0.25, 0.3) is 0 Å². The van der Waals surface area contributed by atoms with Gasteiger partial charge in [0.2, 0.25) is 0 Å². The lowest BCUT2D eigenvalue weighted by Gasteiger charge is -2.36. The summed E-state index contributed by atoms with van der Waals surface area (Å²) in [6.07, 6.45) is -2.76. The van der Waals surface area contributed by atoms with Gasteiger partial charge in [-0.2, -0.15) is 0 Å². The summed E-state index contributed by atoms with van der Waals surface area (Å²) >= 11 is 0. The minimum Gasteiger partial charge on any atom is -0.386 e. The van der Waals surface area contributed by atoms with Crippen molar-refractivity contribution in [3.8, 4) is 0 Å². The highest BCUT2D eigenvalue weighted by molar-refractivity contribution is 5.86. The molecule has 1 saturated heterocycles. The number of nitrogens with zero attached hydrogens (tertiary/aromatic N) is 1. The summed E-state index contributed by atoms with van der Waals surface area (Å²) in [4.78, 5) is 13.5. The van der Waals surface area contributed by atoms with E-state index in [1.54, 1.807) is 54.6 Å². The maximum atomic E-state index is 12.2. The van der Waals surface area contributed by atoms with Gasteiger partial charge in [-0.25, -0.2) is 0 Å². The van der Waals surface area contributed by atoms with Gasteiger partial charge in [0.05, 0.1) is 6.04 Å². The molecule has 5 heteroatoms. The van der Waals surface area contributed by atoms with Crippen LogP contribution < -0.4 is 0 Å². The first-order valence-electron chi connectivity index (χ1n) is 7.43. The number of rotatable bonds is 3. The van der Waals surface area contributed by atoms with Crippen molar-refractivity contribution in [1.82, 2.24) is 4.90 Å². The molecule has 1 unspecified atom stereocenters. The number of aliphatic hydroxyl groups excluding tert-OH is 2. The molecule has 3 N–H and O–H groups in total. The van der Waals surface area contributed by atoms with Gasteiger partial charge in [-0.15, -0.1) is 0 Å². The molecule has 1 aliphatic rings. The number of carbonyl (C=O) groups excluding carboxylic acids is 1. The van der Waals surface area contributed by atoms with E-state index >= 15 is 0 Å². The van der Waals surface area contributed by atoms with E-state index in [0.29, 0.717) is 11.1 Å². The molecule has 3 rings (SSSR count). The van der Waals surface area contributed by atoms with Crippen molar-refractivity contribution in [2.45, 2.75) is 23.9 Å². The van der Waals surface area contributed by atoms with E-state index in [9.17, 15) is 20.1 Å². The molecule has 0 aliphatic carbocycles. The van der Waals surface area contributed by atoms with E-state index in [4.69, 9.17) is 0 Å². The van der Waals surface area contributed by atoms with Crippen molar-refractivity contribution in [1.29, 1.82) is 0 Å². The predicted octanol–water partition coefficient (Wildman–Crippen LogP) is 0.809. The molecule has 5 nitrogen and oxygen atoms in total. The monoisotopic (exact) mass is 313 g/mol. The average molecular weight is 313 g/mol. The Morgan fingerprint density at radius 2 is 1.57 bits per heavy atom. The van der Waals surface area contributed by atoms with Crippen LogP contribution in [0.2, 0.25) is 0 Å². The smallest absolute Gasteiger partial charge is 0.255 e. The van der Waals surface area contributed by atoms with E-state index in [1.807, 2.05) is 6.07 Å². The fourth-order valence-electron chi connectivity index (χ4n) is 3.29. The number of carbonyl (C=O) groups is 1. The molecule has 0 bridgehead atoms. The van der Waals surface area contributed by atoms with E-state index in [-0.39, 0.29) is 0 Å². The third kappa shape index (κ3) is 2.34. The maximum Gasteiger partial charge on any atom is 0.255 e. The normalized spacial score (nSPS) is 28.9. The summed E-state index contributed by atoms with van der Waals surface area (Å²) in [6.45, 7) is 0. The molecule has 1 aliphatic heterocycles. The van der Waals surface area contributed by atoms with Crippen LogP contribution in [0.1, 0.15) is 17.2 Å².